The van der Waals surface area contributed by atoms with Gasteiger partial charge in [0.2, 0.25) is 0 Å². The fourth-order valence-corrected chi connectivity index (χ4v) is 2.06. The van der Waals surface area contributed by atoms with Crippen molar-refractivity contribution in [3.8, 4) is 5.69 Å². The first-order valence-electron chi connectivity index (χ1n) is 5.40. The van der Waals surface area contributed by atoms with Crippen molar-refractivity contribution in [2.24, 2.45) is 0 Å². The van der Waals surface area contributed by atoms with Crippen LogP contribution in [0.3, 0.4) is 0 Å². The number of anilines is 1. The second-order valence-electron chi connectivity index (χ2n) is 4.04. The molecule has 0 aromatic carbocycles. The summed E-state index contributed by atoms with van der Waals surface area (Å²) < 4.78 is 1.73. The van der Waals surface area contributed by atoms with Crippen LogP contribution in [0.1, 0.15) is 5.56 Å². The van der Waals surface area contributed by atoms with Crippen molar-refractivity contribution >= 4 is 23.3 Å². The van der Waals surface area contributed by atoms with Gasteiger partial charge in [-0.3, -0.25) is 5.41 Å². The number of hydrogen-bond acceptors (Lipinski definition) is 4. The number of halogens is 1. The first-order valence-corrected chi connectivity index (χ1v) is 5.78. The molecule has 0 amide bonds. The maximum atomic E-state index is 7.99. The van der Waals surface area contributed by atoms with E-state index < -0.39 is 0 Å². The topological polar surface area (TPSA) is 69.8 Å². The van der Waals surface area contributed by atoms with E-state index in [-0.39, 0.29) is 0 Å². The molecular weight excluding hydrogens is 252 g/mol. The van der Waals surface area contributed by atoms with Crippen LogP contribution in [-0.2, 0) is 0 Å². The van der Waals surface area contributed by atoms with Gasteiger partial charge in [-0.1, -0.05) is 11.6 Å². The Kier molecular flexibility index (Phi) is 2.45. The van der Waals surface area contributed by atoms with Gasteiger partial charge in [-0.05, 0) is 6.07 Å². The zero-order chi connectivity index (χ0) is 12.7. The lowest BCUT2D eigenvalue weighted by Gasteiger charge is -2.26. The summed E-state index contributed by atoms with van der Waals surface area (Å²) in [6.45, 7) is 0.580. The summed E-state index contributed by atoms with van der Waals surface area (Å²) in [6.07, 6.45) is 3.31. The number of hydrogen-bond donors (Lipinski definition) is 2. The average Bonchev–Trinajstić information content (AvgIpc) is 2.78. The van der Waals surface area contributed by atoms with Gasteiger partial charge in [-0.25, -0.2) is 9.67 Å². The summed E-state index contributed by atoms with van der Waals surface area (Å²) in [5, 5.41) is 15.9. The highest BCUT2D eigenvalue weighted by Gasteiger charge is 2.23. The Morgan fingerprint density at radius 3 is 3.11 bits per heavy atom. The molecule has 2 aromatic rings. The van der Waals surface area contributed by atoms with Crippen molar-refractivity contribution < 1.29 is 0 Å². The number of fused-ring (bicyclic) bond motifs is 1. The molecule has 1 aliphatic heterocycles. The van der Waals surface area contributed by atoms with Gasteiger partial charge in [0.1, 0.15) is 16.8 Å². The molecule has 2 aromatic heterocycles. The quantitative estimate of drug-likeness (QED) is 0.766. The summed E-state index contributed by atoms with van der Waals surface area (Å²) in [6, 6.07) is 3.56. The molecular formula is C11H11ClN6. The molecule has 1 aliphatic rings. The number of rotatable bonds is 1. The number of aromatic nitrogens is 3. The molecule has 0 saturated carbocycles. The van der Waals surface area contributed by atoms with E-state index in [2.05, 4.69) is 15.4 Å². The van der Waals surface area contributed by atoms with E-state index in [1.54, 1.807) is 23.1 Å². The van der Waals surface area contributed by atoms with Crippen molar-refractivity contribution in [2.75, 3.05) is 19.0 Å². The van der Waals surface area contributed by atoms with Crippen LogP contribution >= 0.6 is 11.6 Å². The minimum Gasteiger partial charge on any atom is -0.352 e. The normalized spacial score (nSPS) is 14.3. The SMILES string of the molecule is CN1CNc2c(cnn2-c2ccnc(Cl)c2)C1=N. The molecule has 3 rings (SSSR count). The Bertz CT molecular complexity index is 620. The number of pyridine rings is 1. The minimum atomic E-state index is 0.416. The van der Waals surface area contributed by atoms with Gasteiger partial charge in [0.05, 0.1) is 24.1 Å². The lowest BCUT2D eigenvalue weighted by Crippen LogP contribution is -2.36. The number of amidine groups is 1. The minimum absolute atomic E-state index is 0.416. The molecule has 0 saturated heterocycles. The third kappa shape index (κ3) is 1.62. The Hall–Kier alpha value is -2.08. The molecule has 0 bridgehead atoms. The molecule has 0 unspecified atom stereocenters. The van der Waals surface area contributed by atoms with E-state index in [1.165, 1.54) is 0 Å². The van der Waals surface area contributed by atoms with Crippen LogP contribution in [0.25, 0.3) is 5.69 Å². The Morgan fingerprint density at radius 2 is 2.33 bits per heavy atom. The third-order valence-corrected chi connectivity index (χ3v) is 3.05. The smallest absolute Gasteiger partial charge is 0.142 e. The number of nitrogens with one attached hydrogen (secondary N) is 2. The fraction of sp³-hybridized carbons (Fsp3) is 0.182. The van der Waals surface area contributed by atoms with Gasteiger partial charge < -0.3 is 10.2 Å². The van der Waals surface area contributed by atoms with Gasteiger partial charge in [0.25, 0.3) is 0 Å². The summed E-state index contributed by atoms with van der Waals surface area (Å²) in [7, 11) is 1.86. The zero-order valence-corrected chi connectivity index (χ0v) is 10.4. The van der Waals surface area contributed by atoms with Gasteiger partial charge in [0.15, 0.2) is 0 Å². The van der Waals surface area contributed by atoms with Crippen LogP contribution in [0, 0.1) is 5.41 Å². The Balaban J connectivity index is 2.11. The maximum absolute atomic E-state index is 7.99. The monoisotopic (exact) mass is 262 g/mol. The second kappa shape index (κ2) is 3.99. The number of nitrogens with zero attached hydrogens (tertiary/aromatic N) is 4. The predicted octanol–water partition coefficient (Wildman–Crippen LogP) is 1.56. The fourth-order valence-electron chi connectivity index (χ4n) is 1.89. The average molecular weight is 263 g/mol. The molecule has 0 spiro atoms. The van der Waals surface area contributed by atoms with Crippen molar-refractivity contribution in [1.82, 2.24) is 19.7 Å². The molecule has 7 heteroatoms. The van der Waals surface area contributed by atoms with E-state index in [4.69, 9.17) is 17.0 Å². The second-order valence-corrected chi connectivity index (χ2v) is 4.42. The highest BCUT2D eigenvalue weighted by Crippen LogP contribution is 2.24. The van der Waals surface area contributed by atoms with E-state index in [0.29, 0.717) is 17.7 Å². The van der Waals surface area contributed by atoms with Crippen molar-refractivity contribution in [3.05, 3.63) is 35.2 Å². The van der Waals surface area contributed by atoms with Crippen molar-refractivity contribution in [3.63, 3.8) is 0 Å². The molecule has 92 valence electrons. The van der Waals surface area contributed by atoms with Crippen LogP contribution in [0.15, 0.2) is 24.5 Å². The lowest BCUT2D eigenvalue weighted by atomic mass is 10.2. The van der Waals surface area contributed by atoms with Gasteiger partial charge >= 0.3 is 0 Å². The molecule has 6 nitrogen and oxygen atoms in total. The standard InChI is InChI=1S/C11H11ClN6/c1-17-6-15-11-8(10(17)13)5-16-18(11)7-2-3-14-9(12)4-7/h2-5,13,15H,6H2,1H3. The first kappa shape index (κ1) is 11.0. The third-order valence-electron chi connectivity index (χ3n) is 2.84. The van der Waals surface area contributed by atoms with E-state index in [1.807, 2.05) is 18.0 Å². The molecule has 3 heterocycles. The van der Waals surface area contributed by atoms with Crippen LogP contribution in [-0.4, -0.2) is 39.2 Å². The van der Waals surface area contributed by atoms with E-state index in [9.17, 15) is 0 Å². The lowest BCUT2D eigenvalue weighted by molar-refractivity contribution is 0.529. The van der Waals surface area contributed by atoms with Gasteiger partial charge in [-0.2, -0.15) is 5.10 Å². The Morgan fingerprint density at radius 1 is 1.50 bits per heavy atom. The highest BCUT2D eigenvalue weighted by atomic mass is 35.5. The summed E-state index contributed by atoms with van der Waals surface area (Å²) in [4.78, 5) is 5.76. The van der Waals surface area contributed by atoms with Crippen molar-refractivity contribution in [2.45, 2.75) is 0 Å². The predicted molar refractivity (Wildman–Crippen MR) is 69.5 cm³/mol. The van der Waals surface area contributed by atoms with Crippen LogP contribution in [0.2, 0.25) is 5.15 Å². The molecule has 0 aliphatic carbocycles. The van der Waals surface area contributed by atoms with Crippen LogP contribution in [0.4, 0.5) is 5.82 Å². The Labute approximate surface area is 109 Å². The molecule has 18 heavy (non-hydrogen) atoms. The van der Waals surface area contributed by atoms with E-state index in [0.717, 1.165) is 17.1 Å². The van der Waals surface area contributed by atoms with Crippen molar-refractivity contribution in [1.29, 1.82) is 5.41 Å². The van der Waals surface area contributed by atoms with E-state index >= 15 is 0 Å². The zero-order valence-electron chi connectivity index (χ0n) is 9.68. The molecule has 2 N–H and O–H groups in total. The summed E-state index contributed by atoms with van der Waals surface area (Å²) >= 11 is 5.87. The molecule has 0 radical (unpaired) electrons. The van der Waals surface area contributed by atoms with Gasteiger partial charge in [-0.15, -0.1) is 0 Å². The van der Waals surface area contributed by atoms with Crippen LogP contribution in [0.5, 0.6) is 0 Å². The summed E-state index contributed by atoms with van der Waals surface area (Å²) in [5.41, 5.74) is 1.60. The maximum Gasteiger partial charge on any atom is 0.142 e. The summed E-state index contributed by atoms with van der Waals surface area (Å²) in [5.74, 6) is 1.26. The van der Waals surface area contributed by atoms with Gasteiger partial charge in [0, 0.05) is 19.3 Å². The molecule has 0 fully saturated rings. The highest BCUT2D eigenvalue weighted by molar-refractivity contribution is 6.29. The molecule has 0 atom stereocenters. The largest absolute Gasteiger partial charge is 0.352 e. The van der Waals surface area contributed by atoms with Crippen LogP contribution < -0.4 is 5.32 Å². The first-order chi connectivity index (χ1) is 8.66.